The number of carbonyl (C=O) groups is 2. The zero-order valence-electron chi connectivity index (χ0n) is 12.1. The quantitative estimate of drug-likeness (QED) is 0.838. The minimum absolute atomic E-state index is 0.0751. The maximum Gasteiger partial charge on any atom is 0.227 e. The molecule has 2 amide bonds. The smallest absolute Gasteiger partial charge is 0.227 e. The zero-order valence-corrected chi connectivity index (χ0v) is 12.1. The molecule has 1 saturated carbocycles. The summed E-state index contributed by atoms with van der Waals surface area (Å²) in [4.78, 5) is 23.2. The highest BCUT2D eigenvalue weighted by Crippen LogP contribution is 2.30. The molecule has 1 aromatic rings. The number of carbonyl (C=O) groups excluding carboxylic acids is 2. The lowest BCUT2D eigenvalue weighted by atomic mass is 10.1. The Morgan fingerprint density at radius 1 is 1.20 bits per heavy atom. The highest BCUT2D eigenvalue weighted by molar-refractivity contribution is 5.94. The molecule has 0 aliphatic heterocycles. The molecule has 1 aromatic carbocycles. The van der Waals surface area contributed by atoms with E-state index >= 15 is 0 Å². The van der Waals surface area contributed by atoms with Crippen molar-refractivity contribution in [2.45, 2.75) is 39.7 Å². The number of anilines is 1. The van der Waals surface area contributed by atoms with Crippen LogP contribution in [0.3, 0.4) is 0 Å². The molecule has 20 heavy (non-hydrogen) atoms. The summed E-state index contributed by atoms with van der Waals surface area (Å²) in [6.07, 6.45) is 2.56. The number of hydrogen-bond acceptors (Lipinski definition) is 2. The molecule has 2 rings (SSSR count). The molecule has 1 aliphatic carbocycles. The SMILES string of the molecule is CC(C)CC(=O)NCc1ccc(NC(=O)C2CC2)cc1. The predicted molar refractivity (Wildman–Crippen MR) is 79.1 cm³/mol. The van der Waals surface area contributed by atoms with E-state index in [-0.39, 0.29) is 17.7 Å². The first-order chi connectivity index (χ1) is 9.54. The molecule has 4 nitrogen and oxygen atoms in total. The van der Waals surface area contributed by atoms with Crippen molar-refractivity contribution >= 4 is 17.5 Å². The minimum atomic E-state index is 0.0751. The Labute approximate surface area is 119 Å². The van der Waals surface area contributed by atoms with Gasteiger partial charge in [-0.15, -0.1) is 0 Å². The lowest BCUT2D eigenvalue weighted by molar-refractivity contribution is -0.122. The zero-order chi connectivity index (χ0) is 14.5. The molecule has 108 valence electrons. The highest BCUT2D eigenvalue weighted by Gasteiger charge is 2.29. The van der Waals surface area contributed by atoms with Gasteiger partial charge in [-0.2, -0.15) is 0 Å². The highest BCUT2D eigenvalue weighted by atomic mass is 16.2. The molecular formula is C16H22N2O2. The van der Waals surface area contributed by atoms with Crippen molar-refractivity contribution in [3.8, 4) is 0 Å². The number of rotatable bonds is 6. The van der Waals surface area contributed by atoms with E-state index < -0.39 is 0 Å². The van der Waals surface area contributed by atoms with E-state index in [2.05, 4.69) is 10.6 Å². The second-order valence-corrected chi connectivity index (χ2v) is 5.84. The van der Waals surface area contributed by atoms with Crippen LogP contribution < -0.4 is 10.6 Å². The van der Waals surface area contributed by atoms with Crippen LogP contribution in [0.5, 0.6) is 0 Å². The fourth-order valence-corrected chi connectivity index (χ4v) is 1.94. The minimum Gasteiger partial charge on any atom is -0.352 e. The van der Waals surface area contributed by atoms with Gasteiger partial charge in [-0.05, 0) is 36.5 Å². The standard InChI is InChI=1S/C16H22N2O2/c1-11(2)9-15(19)17-10-12-3-7-14(8-4-12)18-16(20)13-5-6-13/h3-4,7-8,11,13H,5-6,9-10H2,1-2H3,(H,17,19)(H,18,20). The number of hydrogen-bond donors (Lipinski definition) is 2. The van der Waals surface area contributed by atoms with Gasteiger partial charge in [0.05, 0.1) is 0 Å². The van der Waals surface area contributed by atoms with E-state index in [9.17, 15) is 9.59 Å². The van der Waals surface area contributed by atoms with Gasteiger partial charge >= 0.3 is 0 Å². The molecule has 0 unspecified atom stereocenters. The Kier molecular flexibility index (Phi) is 4.77. The average molecular weight is 274 g/mol. The summed E-state index contributed by atoms with van der Waals surface area (Å²) >= 11 is 0. The largest absolute Gasteiger partial charge is 0.352 e. The maximum absolute atomic E-state index is 11.6. The third-order valence-electron chi connectivity index (χ3n) is 3.25. The fourth-order valence-electron chi connectivity index (χ4n) is 1.94. The van der Waals surface area contributed by atoms with Crippen molar-refractivity contribution in [1.29, 1.82) is 0 Å². The van der Waals surface area contributed by atoms with Crippen LogP contribution in [-0.2, 0) is 16.1 Å². The third-order valence-corrected chi connectivity index (χ3v) is 3.25. The summed E-state index contributed by atoms with van der Waals surface area (Å²) in [5.74, 6) is 0.772. The van der Waals surface area contributed by atoms with Gasteiger partial charge in [0, 0.05) is 24.6 Å². The van der Waals surface area contributed by atoms with Crippen molar-refractivity contribution in [1.82, 2.24) is 5.32 Å². The molecule has 0 aromatic heterocycles. The molecule has 0 saturated heterocycles. The topological polar surface area (TPSA) is 58.2 Å². The third kappa shape index (κ3) is 4.68. The molecular weight excluding hydrogens is 252 g/mol. The Morgan fingerprint density at radius 2 is 1.85 bits per heavy atom. The summed E-state index contributed by atoms with van der Waals surface area (Å²) in [6.45, 7) is 4.58. The summed E-state index contributed by atoms with van der Waals surface area (Å²) in [6, 6.07) is 7.62. The fraction of sp³-hybridized carbons (Fsp3) is 0.500. The van der Waals surface area contributed by atoms with Crippen LogP contribution in [0.15, 0.2) is 24.3 Å². The second kappa shape index (κ2) is 6.55. The summed E-state index contributed by atoms with van der Waals surface area (Å²) < 4.78 is 0. The monoisotopic (exact) mass is 274 g/mol. The van der Waals surface area contributed by atoms with Gasteiger partial charge in [-0.25, -0.2) is 0 Å². The first kappa shape index (κ1) is 14.6. The molecule has 2 N–H and O–H groups in total. The second-order valence-electron chi connectivity index (χ2n) is 5.84. The summed E-state index contributed by atoms with van der Waals surface area (Å²) in [7, 11) is 0. The van der Waals surface area contributed by atoms with E-state index in [0.717, 1.165) is 24.1 Å². The first-order valence-corrected chi connectivity index (χ1v) is 7.21. The number of nitrogens with one attached hydrogen (secondary N) is 2. The molecule has 4 heteroatoms. The van der Waals surface area contributed by atoms with Crippen LogP contribution in [-0.4, -0.2) is 11.8 Å². The van der Waals surface area contributed by atoms with Gasteiger partial charge in [0.2, 0.25) is 11.8 Å². The van der Waals surface area contributed by atoms with Crippen LogP contribution >= 0.6 is 0 Å². The van der Waals surface area contributed by atoms with Crippen molar-refractivity contribution in [2.75, 3.05) is 5.32 Å². The van der Waals surface area contributed by atoms with Crippen molar-refractivity contribution < 1.29 is 9.59 Å². The molecule has 0 bridgehead atoms. The Bertz CT molecular complexity index is 476. The molecule has 0 atom stereocenters. The Morgan fingerprint density at radius 3 is 2.40 bits per heavy atom. The number of amides is 2. The average Bonchev–Trinajstić information content (AvgIpc) is 3.21. The normalized spacial score (nSPS) is 14.2. The van der Waals surface area contributed by atoms with Crippen LogP contribution in [0.1, 0.15) is 38.7 Å². The Balaban J connectivity index is 1.78. The molecule has 0 radical (unpaired) electrons. The lowest BCUT2D eigenvalue weighted by Crippen LogP contribution is -2.23. The van der Waals surface area contributed by atoms with Gasteiger partial charge in [0.15, 0.2) is 0 Å². The van der Waals surface area contributed by atoms with Crippen LogP contribution in [0.4, 0.5) is 5.69 Å². The Hall–Kier alpha value is -1.84. The van der Waals surface area contributed by atoms with E-state index in [1.807, 2.05) is 38.1 Å². The number of benzene rings is 1. The van der Waals surface area contributed by atoms with Crippen LogP contribution in [0.25, 0.3) is 0 Å². The van der Waals surface area contributed by atoms with Gasteiger partial charge in [-0.3, -0.25) is 9.59 Å². The van der Waals surface area contributed by atoms with Crippen LogP contribution in [0, 0.1) is 11.8 Å². The molecule has 1 aliphatic rings. The van der Waals surface area contributed by atoms with Gasteiger partial charge in [0.1, 0.15) is 0 Å². The van der Waals surface area contributed by atoms with Crippen molar-refractivity contribution in [3.63, 3.8) is 0 Å². The van der Waals surface area contributed by atoms with Crippen LogP contribution in [0.2, 0.25) is 0 Å². The van der Waals surface area contributed by atoms with Crippen molar-refractivity contribution in [2.24, 2.45) is 11.8 Å². The van der Waals surface area contributed by atoms with E-state index in [1.54, 1.807) is 0 Å². The maximum atomic E-state index is 11.6. The molecule has 1 fully saturated rings. The van der Waals surface area contributed by atoms with Crippen molar-refractivity contribution in [3.05, 3.63) is 29.8 Å². The first-order valence-electron chi connectivity index (χ1n) is 7.21. The molecule has 0 heterocycles. The predicted octanol–water partition coefficient (Wildman–Crippen LogP) is 2.70. The van der Waals surface area contributed by atoms with E-state index in [4.69, 9.17) is 0 Å². The summed E-state index contributed by atoms with van der Waals surface area (Å²) in [5.41, 5.74) is 1.85. The van der Waals surface area contributed by atoms with Gasteiger partial charge in [-0.1, -0.05) is 26.0 Å². The van der Waals surface area contributed by atoms with Gasteiger partial charge in [0.25, 0.3) is 0 Å². The molecule has 0 spiro atoms. The van der Waals surface area contributed by atoms with E-state index in [0.29, 0.717) is 18.9 Å². The lowest BCUT2D eigenvalue weighted by Gasteiger charge is -2.08. The van der Waals surface area contributed by atoms with E-state index in [1.165, 1.54) is 0 Å². The van der Waals surface area contributed by atoms with Gasteiger partial charge < -0.3 is 10.6 Å². The summed E-state index contributed by atoms with van der Waals surface area (Å²) in [5, 5.41) is 5.79.